The molecule has 84 valence electrons. The molecule has 0 saturated carbocycles. The average Bonchev–Trinajstić information content (AvgIpc) is 2.35. The van der Waals surface area contributed by atoms with Crippen molar-refractivity contribution in [2.24, 2.45) is 5.73 Å². The first kappa shape index (κ1) is 11.0. The molecule has 0 aliphatic carbocycles. The number of hydrogen-bond acceptors (Lipinski definition) is 3. The number of fused-ring (bicyclic) bond motifs is 1. The number of para-hydroxylation sites is 1. The summed E-state index contributed by atoms with van der Waals surface area (Å²) in [5.74, 6) is 0. The topological polar surface area (TPSA) is 50.9 Å². The summed E-state index contributed by atoms with van der Waals surface area (Å²) in [6, 6.07) is 12.6. The minimum absolute atomic E-state index is 0.327. The van der Waals surface area contributed by atoms with Gasteiger partial charge in [-0.2, -0.15) is 0 Å². The van der Waals surface area contributed by atoms with Crippen LogP contribution in [0.25, 0.3) is 10.9 Å². The fourth-order valence-electron chi connectivity index (χ4n) is 1.57. The van der Waals surface area contributed by atoms with E-state index in [1.807, 2.05) is 18.2 Å². The summed E-state index contributed by atoms with van der Waals surface area (Å²) < 4.78 is 0. The van der Waals surface area contributed by atoms with E-state index in [1.165, 1.54) is 5.39 Å². The first-order valence-corrected chi connectivity index (χ1v) is 5.57. The number of nitrogens with one attached hydrogen (secondary N) is 1. The summed E-state index contributed by atoms with van der Waals surface area (Å²) in [5, 5.41) is 4.50. The van der Waals surface area contributed by atoms with E-state index in [-0.39, 0.29) is 0 Å². The molecule has 0 bridgehead atoms. The monoisotopic (exact) mass is 215 g/mol. The number of nitrogens with two attached hydrogens (primary N) is 1. The maximum absolute atomic E-state index is 5.54. The molecule has 0 radical (unpaired) electrons. The van der Waals surface area contributed by atoms with Gasteiger partial charge in [-0.05, 0) is 19.1 Å². The Bertz CT molecular complexity index is 467. The lowest BCUT2D eigenvalue weighted by Crippen LogP contribution is -2.32. The minimum Gasteiger partial charge on any atom is -0.329 e. The predicted molar refractivity (Wildman–Crippen MR) is 67.1 cm³/mol. The molecule has 2 rings (SSSR count). The molecule has 0 aliphatic heterocycles. The summed E-state index contributed by atoms with van der Waals surface area (Å²) in [4.78, 5) is 4.58. The number of aromatic nitrogens is 1. The third kappa shape index (κ3) is 2.56. The van der Waals surface area contributed by atoms with Gasteiger partial charge in [-0.3, -0.25) is 4.98 Å². The van der Waals surface area contributed by atoms with Crippen molar-refractivity contribution in [2.45, 2.75) is 19.5 Å². The number of pyridine rings is 1. The highest BCUT2D eigenvalue weighted by atomic mass is 14.9. The maximum atomic E-state index is 5.54. The van der Waals surface area contributed by atoms with Gasteiger partial charge < -0.3 is 11.1 Å². The predicted octanol–water partition coefficient (Wildman–Crippen LogP) is 1.67. The minimum atomic E-state index is 0.327. The van der Waals surface area contributed by atoms with Crippen molar-refractivity contribution in [3.8, 4) is 0 Å². The summed E-state index contributed by atoms with van der Waals surface area (Å²) in [7, 11) is 0. The highest BCUT2D eigenvalue weighted by Gasteiger charge is 2.00. The van der Waals surface area contributed by atoms with Crippen molar-refractivity contribution >= 4 is 10.9 Å². The molecular formula is C13H17N3. The Balaban J connectivity index is 2.13. The van der Waals surface area contributed by atoms with Gasteiger partial charge in [-0.25, -0.2) is 0 Å². The standard InChI is InChI=1S/C13H17N3/c1-10(8-14)15-9-12-7-6-11-4-2-3-5-13(11)16-12/h2-7,10,15H,8-9,14H2,1H3/t10-/m0/s1. The quantitative estimate of drug-likeness (QED) is 0.815. The van der Waals surface area contributed by atoms with E-state index < -0.39 is 0 Å². The SMILES string of the molecule is C[C@@H](CN)NCc1ccc2ccccc2n1. The maximum Gasteiger partial charge on any atom is 0.0705 e. The van der Waals surface area contributed by atoms with E-state index in [9.17, 15) is 0 Å². The molecule has 0 fully saturated rings. The molecule has 3 nitrogen and oxygen atoms in total. The van der Waals surface area contributed by atoms with Crippen LogP contribution in [0.4, 0.5) is 0 Å². The normalized spacial score (nSPS) is 12.9. The highest BCUT2D eigenvalue weighted by molar-refractivity contribution is 5.78. The van der Waals surface area contributed by atoms with Crippen molar-refractivity contribution in [3.05, 3.63) is 42.1 Å². The van der Waals surface area contributed by atoms with Crippen LogP contribution >= 0.6 is 0 Å². The van der Waals surface area contributed by atoms with E-state index in [0.29, 0.717) is 12.6 Å². The molecule has 1 heterocycles. The van der Waals surface area contributed by atoms with E-state index in [0.717, 1.165) is 17.8 Å². The molecule has 0 unspecified atom stereocenters. The van der Waals surface area contributed by atoms with Gasteiger partial charge in [0, 0.05) is 24.5 Å². The van der Waals surface area contributed by atoms with Gasteiger partial charge in [0.1, 0.15) is 0 Å². The van der Waals surface area contributed by atoms with Gasteiger partial charge in [0.15, 0.2) is 0 Å². The van der Waals surface area contributed by atoms with Gasteiger partial charge in [0.05, 0.1) is 11.2 Å². The van der Waals surface area contributed by atoms with Crippen LogP contribution in [0.5, 0.6) is 0 Å². The van der Waals surface area contributed by atoms with Gasteiger partial charge >= 0.3 is 0 Å². The molecule has 3 N–H and O–H groups in total. The van der Waals surface area contributed by atoms with Crippen LogP contribution in [-0.4, -0.2) is 17.6 Å². The third-order valence-corrected chi connectivity index (χ3v) is 2.64. The second-order valence-electron chi connectivity index (χ2n) is 4.01. The zero-order valence-electron chi connectivity index (χ0n) is 9.48. The number of rotatable bonds is 4. The van der Waals surface area contributed by atoms with Crippen LogP contribution in [-0.2, 0) is 6.54 Å². The van der Waals surface area contributed by atoms with Crippen LogP contribution in [0.1, 0.15) is 12.6 Å². The van der Waals surface area contributed by atoms with Gasteiger partial charge in [-0.15, -0.1) is 0 Å². The van der Waals surface area contributed by atoms with E-state index in [4.69, 9.17) is 5.73 Å². The largest absolute Gasteiger partial charge is 0.329 e. The second-order valence-corrected chi connectivity index (χ2v) is 4.01. The smallest absolute Gasteiger partial charge is 0.0705 e. The number of hydrogen-bond donors (Lipinski definition) is 2. The first-order chi connectivity index (χ1) is 7.79. The molecular weight excluding hydrogens is 198 g/mol. The summed E-state index contributed by atoms with van der Waals surface area (Å²) in [6.45, 7) is 3.48. The Hall–Kier alpha value is -1.45. The average molecular weight is 215 g/mol. The molecule has 1 atom stereocenters. The van der Waals surface area contributed by atoms with Gasteiger partial charge in [-0.1, -0.05) is 24.3 Å². The van der Waals surface area contributed by atoms with Crippen molar-refractivity contribution in [3.63, 3.8) is 0 Å². The first-order valence-electron chi connectivity index (χ1n) is 5.57. The summed E-state index contributed by atoms with van der Waals surface area (Å²) in [5.41, 5.74) is 7.64. The Kier molecular flexibility index (Phi) is 3.49. The van der Waals surface area contributed by atoms with E-state index in [1.54, 1.807) is 0 Å². The van der Waals surface area contributed by atoms with Crippen LogP contribution in [0, 0.1) is 0 Å². The van der Waals surface area contributed by atoms with Crippen LogP contribution < -0.4 is 11.1 Å². The molecule has 0 aliphatic rings. The van der Waals surface area contributed by atoms with Crippen molar-refractivity contribution < 1.29 is 0 Å². The molecule has 1 aromatic heterocycles. The Labute approximate surface area is 95.7 Å². The molecule has 0 amide bonds. The molecule has 3 heteroatoms. The third-order valence-electron chi connectivity index (χ3n) is 2.64. The Morgan fingerprint density at radius 1 is 1.25 bits per heavy atom. The lowest BCUT2D eigenvalue weighted by Gasteiger charge is -2.10. The molecule has 0 saturated heterocycles. The molecule has 0 spiro atoms. The summed E-state index contributed by atoms with van der Waals surface area (Å²) >= 11 is 0. The second kappa shape index (κ2) is 5.05. The van der Waals surface area contributed by atoms with Gasteiger partial charge in [0.25, 0.3) is 0 Å². The Morgan fingerprint density at radius 3 is 2.88 bits per heavy atom. The highest BCUT2D eigenvalue weighted by Crippen LogP contribution is 2.11. The van der Waals surface area contributed by atoms with E-state index in [2.05, 4.69) is 35.4 Å². The van der Waals surface area contributed by atoms with Crippen molar-refractivity contribution in [1.29, 1.82) is 0 Å². The molecule has 2 aromatic rings. The zero-order valence-corrected chi connectivity index (χ0v) is 9.48. The molecule has 1 aromatic carbocycles. The van der Waals surface area contributed by atoms with Gasteiger partial charge in [0.2, 0.25) is 0 Å². The fraction of sp³-hybridized carbons (Fsp3) is 0.308. The molecule has 16 heavy (non-hydrogen) atoms. The Morgan fingerprint density at radius 2 is 2.06 bits per heavy atom. The van der Waals surface area contributed by atoms with Crippen LogP contribution in [0.15, 0.2) is 36.4 Å². The van der Waals surface area contributed by atoms with Crippen LogP contribution in [0.3, 0.4) is 0 Å². The lowest BCUT2D eigenvalue weighted by molar-refractivity contribution is 0.551. The van der Waals surface area contributed by atoms with E-state index >= 15 is 0 Å². The number of nitrogens with zero attached hydrogens (tertiary/aromatic N) is 1. The van der Waals surface area contributed by atoms with Crippen LogP contribution in [0.2, 0.25) is 0 Å². The summed E-state index contributed by atoms with van der Waals surface area (Å²) in [6.07, 6.45) is 0. The zero-order chi connectivity index (χ0) is 11.4. The number of benzene rings is 1. The fourth-order valence-corrected chi connectivity index (χ4v) is 1.57. The van der Waals surface area contributed by atoms with Crippen molar-refractivity contribution in [1.82, 2.24) is 10.3 Å². The lowest BCUT2D eigenvalue weighted by atomic mass is 10.2. The van der Waals surface area contributed by atoms with Crippen molar-refractivity contribution in [2.75, 3.05) is 6.54 Å².